The lowest BCUT2D eigenvalue weighted by atomic mass is 10.1. The Bertz CT molecular complexity index is 551. The summed E-state index contributed by atoms with van der Waals surface area (Å²) in [4.78, 5) is 13.6. The van der Waals surface area contributed by atoms with Crippen LogP contribution in [0.3, 0.4) is 0 Å². The SMILES string of the molecule is N#Cc1cc(N2OC=NC2COC2CCCNC2)ccn1. The predicted molar refractivity (Wildman–Crippen MR) is 76.6 cm³/mol. The summed E-state index contributed by atoms with van der Waals surface area (Å²) in [5.41, 5.74) is 1.09. The monoisotopic (exact) mass is 287 g/mol. The van der Waals surface area contributed by atoms with Crippen molar-refractivity contribution in [1.82, 2.24) is 10.3 Å². The molecule has 0 aliphatic carbocycles. The third-order valence-corrected chi connectivity index (χ3v) is 3.51. The fraction of sp³-hybridized carbons (Fsp3) is 0.500. The average Bonchev–Trinajstić information content (AvgIpc) is 3.02. The van der Waals surface area contributed by atoms with E-state index in [0.29, 0.717) is 12.3 Å². The third-order valence-electron chi connectivity index (χ3n) is 3.51. The number of nitrogens with zero attached hydrogens (tertiary/aromatic N) is 4. The van der Waals surface area contributed by atoms with Gasteiger partial charge in [0.2, 0.25) is 6.40 Å². The molecule has 0 amide bonds. The van der Waals surface area contributed by atoms with Crippen LogP contribution in [0.25, 0.3) is 0 Å². The van der Waals surface area contributed by atoms with Gasteiger partial charge in [0.1, 0.15) is 11.8 Å². The third kappa shape index (κ3) is 3.29. The maximum atomic E-state index is 8.91. The van der Waals surface area contributed by atoms with Gasteiger partial charge < -0.3 is 14.9 Å². The molecule has 1 aromatic rings. The van der Waals surface area contributed by atoms with Crippen molar-refractivity contribution in [3.63, 3.8) is 0 Å². The fourth-order valence-corrected chi connectivity index (χ4v) is 2.42. The summed E-state index contributed by atoms with van der Waals surface area (Å²) < 4.78 is 5.90. The zero-order chi connectivity index (χ0) is 14.5. The number of pyridine rings is 1. The molecule has 3 heterocycles. The van der Waals surface area contributed by atoms with E-state index in [9.17, 15) is 0 Å². The van der Waals surface area contributed by atoms with Crippen molar-refractivity contribution in [3.8, 4) is 6.07 Å². The number of nitrogens with one attached hydrogen (secondary N) is 1. The Hall–Kier alpha value is -2.17. The van der Waals surface area contributed by atoms with Crippen LogP contribution in [-0.4, -0.2) is 43.4 Å². The molecule has 3 rings (SSSR count). The summed E-state index contributed by atoms with van der Waals surface area (Å²) in [5.74, 6) is 0. The second kappa shape index (κ2) is 6.52. The highest BCUT2D eigenvalue weighted by atomic mass is 16.7. The molecule has 1 N–H and O–H groups in total. The highest BCUT2D eigenvalue weighted by Gasteiger charge is 2.26. The van der Waals surface area contributed by atoms with E-state index in [1.165, 1.54) is 6.40 Å². The fourth-order valence-electron chi connectivity index (χ4n) is 2.42. The maximum absolute atomic E-state index is 8.91. The van der Waals surface area contributed by atoms with Crippen molar-refractivity contribution in [2.75, 3.05) is 24.8 Å². The number of hydrogen-bond acceptors (Lipinski definition) is 7. The standard InChI is InChI=1S/C14H17N5O2/c15-7-11-6-12(3-5-17-11)19-14(18-10-21-19)9-20-13-2-1-4-16-8-13/h3,5-6,10,13-14,16H,1-2,4,8-9H2. The van der Waals surface area contributed by atoms with Gasteiger partial charge in [-0.05, 0) is 25.5 Å². The van der Waals surface area contributed by atoms with Crippen molar-refractivity contribution in [2.45, 2.75) is 25.1 Å². The lowest BCUT2D eigenvalue weighted by molar-refractivity contribution is 0.0230. The van der Waals surface area contributed by atoms with Crippen LogP contribution < -0.4 is 10.4 Å². The topological polar surface area (TPSA) is 82.8 Å². The first-order valence-corrected chi connectivity index (χ1v) is 7.03. The highest BCUT2D eigenvalue weighted by Crippen LogP contribution is 2.22. The summed E-state index contributed by atoms with van der Waals surface area (Å²) in [6.07, 6.45) is 5.18. The van der Waals surface area contributed by atoms with E-state index in [1.54, 1.807) is 23.4 Å². The second-order valence-electron chi connectivity index (χ2n) is 4.98. The zero-order valence-electron chi connectivity index (χ0n) is 11.6. The van der Waals surface area contributed by atoms with Crippen LogP contribution in [0.2, 0.25) is 0 Å². The molecule has 2 aliphatic rings. The Morgan fingerprint density at radius 3 is 3.33 bits per heavy atom. The van der Waals surface area contributed by atoms with Gasteiger partial charge >= 0.3 is 0 Å². The van der Waals surface area contributed by atoms with Gasteiger partial charge in [0, 0.05) is 18.8 Å². The first-order chi connectivity index (χ1) is 10.4. The van der Waals surface area contributed by atoms with Gasteiger partial charge in [0.15, 0.2) is 6.17 Å². The number of nitriles is 1. The minimum absolute atomic E-state index is 0.225. The first-order valence-electron chi connectivity index (χ1n) is 7.03. The van der Waals surface area contributed by atoms with E-state index in [0.717, 1.165) is 31.6 Å². The van der Waals surface area contributed by atoms with Crippen LogP contribution in [0.4, 0.5) is 5.69 Å². The van der Waals surface area contributed by atoms with Gasteiger partial charge in [-0.15, -0.1) is 0 Å². The van der Waals surface area contributed by atoms with Crippen LogP contribution in [0.15, 0.2) is 23.3 Å². The molecule has 0 bridgehead atoms. The van der Waals surface area contributed by atoms with Gasteiger partial charge in [0.25, 0.3) is 0 Å². The van der Waals surface area contributed by atoms with Crippen molar-refractivity contribution in [1.29, 1.82) is 5.26 Å². The van der Waals surface area contributed by atoms with Crippen LogP contribution in [0, 0.1) is 11.3 Å². The first kappa shape index (κ1) is 13.8. The molecule has 0 spiro atoms. The average molecular weight is 287 g/mol. The van der Waals surface area contributed by atoms with Crippen molar-refractivity contribution >= 4 is 12.1 Å². The molecule has 0 aromatic carbocycles. The molecule has 0 radical (unpaired) electrons. The number of hydrogen-bond donors (Lipinski definition) is 1. The van der Waals surface area contributed by atoms with Crippen LogP contribution in [-0.2, 0) is 9.57 Å². The van der Waals surface area contributed by atoms with E-state index in [-0.39, 0.29) is 12.3 Å². The minimum atomic E-state index is -0.235. The van der Waals surface area contributed by atoms with Gasteiger partial charge in [-0.1, -0.05) is 0 Å². The van der Waals surface area contributed by atoms with E-state index >= 15 is 0 Å². The van der Waals surface area contributed by atoms with Crippen molar-refractivity contribution < 1.29 is 9.57 Å². The highest BCUT2D eigenvalue weighted by molar-refractivity contribution is 5.58. The molecule has 110 valence electrons. The van der Waals surface area contributed by atoms with Crippen molar-refractivity contribution in [3.05, 3.63) is 24.0 Å². The number of anilines is 1. The Kier molecular flexibility index (Phi) is 4.28. The maximum Gasteiger partial charge on any atom is 0.207 e. The summed E-state index contributed by atoms with van der Waals surface area (Å²) in [5, 5.41) is 13.9. The van der Waals surface area contributed by atoms with E-state index < -0.39 is 0 Å². The molecule has 2 aliphatic heterocycles. The molecule has 7 nitrogen and oxygen atoms in total. The lowest BCUT2D eigenvalue weighted by Gasteiger charge is -2.27. The normalized spacial score (nSPS) is 24.6. The Balaban J connectivity index is 1.61. The minimum Gasteiger partial charge on any atom is -0.373 e. The Morgan fingerprint density at radius 2 is 2.52 bits per heavy atom. The van der Waals surface area contributed by atoms with Gasteiger partial charge in [-0.3, -0.25) is 0 Å². The molecular weight excluding hydrogens is 270 g/mol. The van der Waals surface area contributed by atoms with Crippen LogP contribution in [0.1, 0.15) is 18.5 Å². The van der Waals surface area contributed by atoms with Gasteiger partial charge in [-0.25, -0.2) is 9.98 Å². The summed E-state index contributed by atoms with van der Waals surface area (Å²) in [6, 6.07) is 5.47. The number of ether oxygens (including phenoxy) is 1. The molecule has 1 aromatic heterocycles. The summed E-state index contributed by atoms with van der Waals surface area (Å²) in [7, 11) is 0. The van der Waals surface area contributed by atoms with E-state index in [2.05, 4.69) is 15.3 Å². The molecule has 2 unspecified atom stereocenters. The van der Waals surface area contributed by atoms with Crippen molar-refractivity contribution in [2.24, 2.45) is 4.99 Å². The Labute approximate surface area is 123 Å². The predicted octanol–water partition coefficient (Wildman–Crippen LogP) is 0.828. The number of piperidine rings is 1. The summed E-state index contributed by atoms with van der Waals surface area (Å²) in [6.45, 7) is 2.39. The number of aromatic nitrogens is 1. The Morgan fingerprint density at radius 1 is 1.57 bits per heavy atom. The quantitative estimate of drug-likeness (QED) is 0.883. The number of hydroxylamine groups is 1. The van der Waals surface area contributed by atoms with E-state index in [1.807, 2.05) is 6.07 Å². The smallest absolute Gasteiger partial charge is 0.207 e. The lowest BCUT2D eigenvalue weighted by Crippen LogP contribution is -2.39. The zero-order valence-corrected chi connectivity index (χ0v) is 11.6. The number of rotatable bonds is 4. The molecular formula is C14H17N5O2. The molecule has 21 heavy (non-hydrogen) atoms. The summed E-state index contributed by atoms with van der Waals surface area (Å²) >= 11 is 0. The van der Waals surface area contributed by atoms with Gasteiger partial charge in [0.05, 0.1) is 18.4 Å². The van der Waals surface area contributed by atoms with E-state index in [4.69, 9.17) is 14.8 Å². The molecule has 1 saturated heterocycles. The molecule has 2 atom stereocenters. The molecule has 1 fully saturated rings. The second-order valence-corrected chi connectivity index (χ2v) is 4.98. The van der Waals surface area contributed by atoms with Crippen LogP contribution >= 0.6 is 0 Å². The largest absolute Gasteiger partial charge is 0.373 e. The van der Waals surface area contributed by atoms with Crippen LogP contribution in [0.5, 0.6) is 0 Å². The molecule has 0 saturated carbocycles. The van der Waals surface area contributed by atoms with Gasteiger partial charge in [-0.2, -0.15) is 10.3 Å². The molecule has 7 heteroatoms. The number of aliphatic imine (C=N–C) groups is 1.